The van der Waals surface area contributed by atoms with Crippen molar-refractivity contribution in [2.24, 2.45) is 5.10 Å². The average molecular weight is 455 g/mol. The van der Waals surface area contributed by atoms with Crippen molar-refractivity contribution in [3.63, 3.8) is 0 Å². The monoisotopic (exact) mass is 454 g/mol. The topological polar surface area (TPSA) is 102 Å². The lowest BCUT2D eigenvalue weighted by atomic mass is 10.0. The molecule has 0 aliphatic carbocycles. The van der Waals surface area contributed by atoms with E-state index in [1.807, 2.05) is 12.1 Å². The summed E-state index contributed by atoms with van der Waals surface area (Å²) in [4.78, 5) is 24.8. The molecule has 1 aromatic heterocycles. The molecule has 3 aromatic rings. The second-order valence-corrected chi connectivity index (χ2v) is 7.38. The van der Waals surface area contributed by atoms with Gasteiger partial charge in [0.25, 0.3) is 5.91 Å². The van der Waals surface area contributed by atoms with Gasteiger partial charge in [0.05, 0.1) is 12.0 Å². The summed E-state index contributed by atoms with van der Waals surface area (Å²) in [7, 11) is 0. The van der Waals surface area contributed by atoms with Gasteiger partial charge in [-0.05, 0) is 42.0 Å². The van der Waals surface area contributed by atoms with Crippen LogP contribution in [0.1, 0.15) is 23.8 Å². The molecule has 0 saturated heterocycles. The first-order valence-electron chi connectivity index (χ1n) is 9.76. The number of rotatable bonds is 7. The number of para-hydroxylation sites is 2. The minimum Gasteiger partial charge on any atom is -0.504 e. The van der Waals surface area contributed by atoms with E-state index in [2.05, 4.69) is 5.10 Å². The summed E-state index contributed by atoms with van der Waals surface area (Å²) in [5.74, 6) is -0.645. The van der Waals surface area contributed by atoms with Gasteiger partial charge in [0.2, 0.25) is 0 Å². The predicted molar refractivity (Wildman–Crippen MR) is 115 cm³/mol. The second-order valence-electron chi connectivity index (χ2n) is 6.94. The number of hydrazone groups is 1. The number of benzene rings is 2. The zero-order chi connectivity index (χ0) is 22.5. The van der Waals surface area contributed by atoms with Gasteiger partial charge in [-0.1, -0.05) is 35.9 Å². The van der Waals surface area contributed by atoms with Crippen LogP contribution in [-0.4, -0.2) is 40.9 Å². The maximum Gasteiger partial charge on any atom is 0.344 e. The fourth-order valence-electron chi connectivity index (χ4n) is 3.23. The van der Waals surface area contributed by atoms with Crippen LogP contribution in [0, 0.1) is 0 Å². The SMILES string of the molecule is O=C(COc1ccccc1O)OCC(=O)N1N=C(c2ccc(Cl)cc2)CC1c1ccco1. The summed E-state index contributed by atoms with van der Waals surface area (Å²) < 4.78 is 15.7. The largest absolute Gasteiger partial charge is 0.504 e. The molecule has 1 N–H and O–H groups in total. The van der Waals surface area contributed by atoms with E-state index in [9.17, 15) is 14.7 Å². The molecule has 8 nitrogen and oxygen atoms in total. The van der Waals surface area contributed by atoms with Gasteiger partial charge in [-0.3, -0.25) is 4.79 Å². The Labute approximate surface area is 188 Å². The highest BCUT2D eigenvalue weighted by molar-refractivity contribution is 6.30. The van der Waals surface area contributed by atoms with Crippen molar-refractivity contribution in [3.8, 4) is 11.5 Å². The van der Waals surface area contributed by atoms with Crippen LogP contribution in [0.3, 0.4) is 0 Å². The summed E-state index contributed by atoms with van der Waals surface area (Å²) >= 11 is 5.96. The van der Waals surface area contributed by atoms with Crippen LogP contribution in [0.15, 0.2) is 76.4 Å². The molecule has 1 aliphatic rings. The number of amides is 1. The number of esters is 1. The van der Waals surface area contributed by atoms with Crippen molar-refractivity contribution >= 4 is 29.2 Å². The standard InChI is InChI=1S/C23H19ClN2O6/c24-16-9-7-15(8-10-16)17-12-18(20-6-3-11-30-20)26(25-17)22(28)13-32-23(29)14-31-21-5-2-1-4-19(21)27/h1-11,18,27H,12-14H2. The molecule has 1 amide bonds. The van der Waals surface area contributed by atoms with E-state index in [1.165, 1.54) is 23.4 Å². The maximum atomic E-state index is 12.8. The molecule has 9 heteroatoms. The van der Waals surface area contributed by atoms with Crippen LogP contribution < -0.4 is 4.74 Å². The van der Waals surface area contributed by atoms with E-state index in [1.54, 1.807) is 36.4 Å². The van der Waals surface area contributed by atoms with Gasteiger partial charge in [-0.15, -0.1) is 0 Å². The van der Waals surface area contributed by atoms with E-state index in [4.69, 9.17) is 25.5 Å². The lowest BCUT2D eigenvalue weighted by Gasteiger charge is -2.19. The zero-order valence-corrected chi connectivity index (χ0v) is 17.6. The van der Waals surface area contributed by atoms with Crippen LogP contribution in [0.2, 0.25) is 5.02 Å². The number of hydrogen-bond acceptors (Lipinski definition) is 7. The number of carbonyl (C=O) groups excluding carboxylic acids is 2. The first-order valence-corrected chi connectivity index (χ1v) is 10.1. The molecule has 2 aromatic carbocycles. The van der Waals surface area contributed by atoms with E-state index in [0.29, 0.717) is 22.9 Å². The number of carbonyl (C=O) groups is 2. The molecule has 0 radical (unpaired) electrons. The fourth-order valence-corrected chi connectivity index (χ4v) is 3.35. The lowest BCUT2D eigenvalue weighted by molar-refractivity contribution is -0.154. The Morgan fingerprint density at radius 3 is 2.59 bits per heavy atom. The Hall–Kier alpha value is -3.78. The van der Waals surface area contributed by atoms with Gasteiger partial charge < -0.3 is 19.0 Å². The molecular weight excluding hydrogens is 436 g/mol. The Morgan fingerprint density at radius 2 is 1.88 bits per heavy atom. The van der Waals surface area contributed by atoms with Crippen molar-refractivity contribution in [2.75, 3.05) is 13.2 Å². The predicted octanol–water partition coefficient (Wildman–Crippen LogP) is 3.94. The molecule has 1 unspecified atom stereocenters. The average Bonchev–Trinajstić information content (AvgIpc) is 3.47. The summed E-state index contributed by atoms with van der Waals surface area (Å²) in [5.41, 5.74) is 1.51. The number of hydrogen-bond donors (Lipinski definition) is 1. The Kier molecular flexibility index (Phi) is 6.42. The summed E-state index contributed by atoms with van der Waals surface area (Å²) in [5, 5.41) is 16.0. The Bertz CT molecular complexity index is 1130. The number of ether oxygens (including phenoxy) is 2. The van der Waals surface area contributed by atoms with E-state index in [0.717, 1.165) is 5.56 Å². The van der Waals surface area contributed by atoms with Crippen LogP contribution in [0.4, 0.5) is 0 Å². The molecule has 0 spiro atoms. The Balaban J connectivity index is 1.41. The number of phenols is 1. The van der Waals surface area contributed by atoms with Gasteiger partial charge in [-0.2, -0.15) is 5.10 Å². The summed E-state index contributed by atoms with van der Waals surface area (Å²) in [6.45, 7) is -0.969. The molecule has 1 atom stereocenters. The third kappa shape index (κ3) is 4.92. The second kappa shape index (κ2) is 9.57. The van der Waals surface area contributed by atoms with Crippen molar-refractivity contribution < 1.29 is 28.6 Å². The minimum absolute atomic E-state index is 0.0983. The maximum absolute atomic E-state index is 12.8. The molecule has 4 rings (SSSR count). The van der Waals surface area contributed by atoms with Crippen LogP contribution in [0.25, 0.3) is 0 Å². The van der Waals surface area contributed by atoms with Crippen LogP contribution in [0.5, 0.6) is 11.5 Å². The van der Waals surface area contributed by atoms with Gasteiger partial charge >= 0.3 is 5.97 Å². The number of nitrogens with zero attached hydrogens (tertiary/aromatic N) is 2. The molecule has 32 heavy (non-hydrogen) atoms. The Morgan fingerprint density at radius 1 is 1.09 bits per heavy atom. The van der Waals surface area contributed by atoms with Crippen molar-refractivity contribution in [1.29, 1.82) is 0 Å². The third-order valence-electron chi connectivity index (χ3n) is 4.78. The van der Waals surface area contributed by atoms with Crippen molar-refractivity contribution in [1.82, 2.24) is 5.01 Å². The van der Waals surface area contributed by atoms with Crippen LogP contribution in [-0.2, 0) is 14.3 Å². The quantitative estimate of drug-likeness (QED) is 0.542. The van der Waals surface area contributed by atoms with Crippen molar-refractivity contribution in [2.45, 2.75) is 12.5 Å². The van der Waals surface area contributed by atoms with E-state index in [-0.39, 0.29) is 11.5 Å². The number of phenolic OH excluding ortho intramolecular Hbond substituents is 1. The lowest BCUT2D eigenvalue weighted by Crippen LogP contribution is -2.32. The van der Waals surface area contributed by atoms with Crippen molar-refractivity contribution in [3.05, 3.63) is 83.3 Å². The molecule has 0 bridgehead atoms. The summed E-state index contributed by atoms with van der Waals surface area (Å²) in [6.07, 6.45) is 1.96. The van der Waals surface area contributed by atoms with E-state index < -0.39 is 31.1 Å². The molecular formula is C23H19ClN2O6. The number of furan rings is 1. The van der Waals surface area contributed by atoms with E-state index >= 15 is 0 Å². The molecule has 0 saturated carbocycles. The minimum atomic E-state index is -0.753. The number of aromatic hydroxyl groups is 1. The number of halogens is 1. The summed E-state index contributed by atoms with van der Waals surface area (Å²) in [6, 6.07) is 16.4. The van der Waals surface area contributed by atoms with Gasteiger partial charge in [-0.25, -0.2) is 9.80 Å². The fraction of sp³-hybridized carbons (Fsp3) is 0.174. The zero-order valence-electron chi connectivity index (χ0n) is 16.8. The first-order chi connectivity index (χ1) is 15.5. The highest BCUT2D eigenvalue weighted by atomic mass is 35.5. The third-order valence-corrected chi connectivity index (χ3v) is 5.03. The molecule has 1 aliphatic heterocycles. The molecule has 0 fully saturated rings. The normalized spacial score (nSPS) is 15.3. The van der Waals surface area contributed by atoms with Gasteiger partial charge in [0, 0.05) is 11.4 Å². The van der Waals surface area contributed by atoms with Crippen LogP contribution >= 0.6 is 11.6 Å². The highest BCUT2D eigenvalue weighted by Crippen LogP contribution is 2.33. The first kappa shape index (κ1) is 21.5. The smallest absolute Gasteiger partial charge is 0.344 e. The molecule has 2 heterocycles. The van der Waals surface area contributed by atoms with Gasteiger partial charge in [0.15, 0.2) is 24.7 Å². The van der Waals surface area contributed by atoms with Gasteiger partial charge in [0.1, 0.15) is 11.8 Å². The highest BCUT2D eigenvalue weighted by Gasteiger charge is 2.35. The molecule has 164 valence electrons.